The van der Waals surface area contributed by atoms with E-state index in [9.17, 15) is 0 Å². The second-order valence-electron chi connectivity index (χ2n) is 5.20. The third-order valence-corrected chi connectivity index (χ3v) is 3.86. The lowest BCUT2D eigenvalue weighted by Crippen LogP contribution is -2.35. The minimum atomic E-state index is 0.0108. The van der Waals surface area contributed by atoms with E-state index in [-0.39, 0.29) is 5.41 Å². The standard InChI is InChI=1S/C13H23N3O2/c1-4-17-8-5-11-15-12(18-16-11)13(10(2)3)6-7-14-9-13/h10,14H,4-9H2,1-3H3. The van der Waals surface area contributed by atoms with Gasteiger partial charge in [-0.3, -0.25) is 0 Å². The van der Waals surface area contributed by atoms with Gasteiger partial charge in [-0.15, -0.1) is 0 Å². The van der Waals surface area contributed by atoms with Crippen LogP contribution in [-0.4, -0.2) is 36.4 Å². The summed E-state index contributed by atoms with van der Waals surface area (Å²) in [4.78, 5) is 4.56. The Morgan fingerprint density at radius 3 is 2.94 bits per heavy atom. The number of hydrogen-bond acceptors (Lipinski definition) is 5. The Morgan fingerprint density at radius 2 is 2.33 bits per heavy atom. The van der Waals surface area contributed by atoms with Gasteiger partial charge in [-0.1, -0.05) is 19.0 Å². The van der Waals surface area contributed by atoms with Crippen molar-refractivity contribution in [3.05, 3.63) is 11.7 Å². The second-order valence-corrected chi connectivity index (χ2v) is 5.20. The molecule has 0 aromatic carbocycles. The monoisotopic (exact) mass is 253 g/mol. The van der Waals surface area contributed by atoms with Gasteiger partial charge >= 0.3 is 0 Å². The normalized spacial score (nSPS) is 24.0. The van der Waals surface area contributed by atoms with Crippen LogP contribution >= 0.6 is 0 Å². The molecule has 1 unspecified atom stereocenters. The van der Waals surface area contributed by atoms with Crippen molar-refractivity contribution in [2.45, 2.75) is 39.0 Å². The molecule has 1 saturated heterocycles. The highest BCUT2D eigenvalue weighted by Gasteiger charge is 2.43. The zero-order valence-corrected chi connectivity index (χ0v) is 11.5. The number of nitrogens with zero attached hydrogens (tertiary/aromatic N) is 2. The maximum atomic E-state index is 5.49. The van der Waals surface area contributed by atoms with E-state index < -0.39 is 0 Å². The highest BCUT2D eigenvalue weighted by Crippen LogP contribution is 2.36. The van der Waals surface area contributed by atoms with Crippen LogP contribution in [0.1, 0.15) is 38.9 Å². The van der Waals surface area contributed by atoms with E-state index >= 15 is 0 Å². The molecular formula is C13H23N3O2. The second kappa shape index (κ2) is 5.80. The maximum absolute atomic E-state index is 5.49. The lowest BCUT2D eigenvalue weighted by atomic mass is 9.76. The maximum Gasteiger partial charge on any atom is 0.234 e. The Balaban J connectivity index is 2.07. The first-order chi connectivity index (χ1) is 8.69. The quantitative estimate of drug-likeness (QED) is 0.779. The van der Waals surface area contributed by atoms with Crippen LogP contribution in [0.3, 0.4) is 0 Å². The fourth-order valence-corrected chi connectivity index (χ4v) is 2.50. The molecular weight excluding hydrogens is 230 g/mol. The van der Waals surface area contributed by atoms with Gasteiger partial charge in [0, 0.05) is 19.6 Å². The number of nitrogens with one attached hydrogen (secondary N) is 1. The van der Waals surface area contributed by atoms with E-state index in [2.05, 4.69) is 29.3 Å². The molecule has 1 aliphatic heterocycles. The Hall–Kier alpha value is -0.940. The van der Waals surface area contributed by atoms with Crippen molar-refractivity contribution in [2.75, 3.05) is 26.3 Å². The average molecular weight is 253 g/mol. The molecule has 1 aromatic rings. The topological polar surface area (TPSA) is 60.2 Å². The number of ether oxygens (including phenoxy) is 1. The molecule has 0 bridgehead atoms. The first kappa shape index (κ1) is 13.5. The van der Waals surface area contributed by atoms with Crippen LogP contribution in [0.25, 0.3) is 0 Å². The molecule has 1 aromatic heterocycles. The van der Waals surface area contributed by atoms with Gasteiger partial charge in [-0.05, 0) is 25.8 Å². The van der Waals surface area contributed by atoms with Gasteiger partial charge in [-0.2, -0.15) is 4.98 Å². The molecule has 1 fully saturated rings. The van der Waals surface area contributed by atoms with Crippen LogP contribution in [0.2, 0.25) is 0 Å². The summed E-state index contributed by atoms with van der Waals surface area (Å²) in [5, 5.41) is 7.47. The van der Waals surface area contributed by atoms with Crippen LogP contribution < -0.4 is 5.32 Å². The van der Waals surface area contributed by atoms with E-state index in [4.69, 9.17) is 9.26 Å². The van der Waals surface area contributed by atoms with Crippen LogP contribution in [0.4, 0.5) is 0 Å². The molecule has 1 atom stereocenters. The summed E-state index contributed by atoms with van der Waals surface area (Å²) in [5.74, 6) is 2.03. The van der Waals surface area contributed by atoms with Crippen molar-refractivity contribution in [3.63, 3.8) is 0 Å². The Labute approximate surface area is 108 Å². The van der Waals surface area contributed by atoms with E-state index in [0.29, 0.717) is 12.5 Å². The Bertz CT molecular complexity index is 370. The predicted molar refractivity (Wildman–Crippen MR) is 68.5 cm³/mol. The summed E-state index contributed by atoms with van der Waals surface area (Å²) in [7, 11) is 0. The first-order valence-corrected chi connectivity index (χ1v) is 6.80. The summed E-state index contributed by atoms with van der Waals surface area (Å²) in [5.41, 5.74) is 0.0108. The van der Waals surface area contributed by atoms with E-state index in [1.54, 1.807) is 0 Å². The molecule has 1 N–H and O–H groups in total. The fourth-order valence-electron chi connectivity index (χ4n) is 2.50. The van der Waals surface area contributed by atoms with Gasteiger partial charge in [-0.25, -0.2) is 0 Å². The van der Waals surface area contributed by atoms with Crippen molar-refractivity contribution in [2.24, 2.45) is 5.92 Å². The molecule has 0 saturated carbocycles. The molecule has 2 rings (SSSR count). The number of rotatable bonds is 6. The molecule has 102 valence electrons. The zero-order valence-electron chi connectivity index (χ0n) is 11.5. The highest BCUT2D eigenvalue weighted by atomic mass is 16.5. The number of hydrogen-bond donors (Lipinski definition) is 1. The molecule has 0 radical (unpaired) electrons. The summed E-state index contributed by atoms with van der Waals surface area (Å²) < 4.78 is 10.8. The fraction of sp³-hybridized carbons (Fsp3) is 0.846. The predicted octanol–water partition coefficient (Wildman–Crippen LogP) is 1.54. The molecule has 0 aliphatic carbocycles. The first-order valence-electron chi connectivity index (χ1n) is 6.80. The van der Waals surface area contributed by atoms with E-state index in [1.807, 2.05) is 6.92 Å². The molecule has 5 nitrogen and oxygen atoms in total. The Kier molecular flexibility index (Phi) is 4.35. The smallest absolute Gasteiger partial charge is 0.234 e. The van der Waals surface area contributed by atoms with Gasteiger partial charge in [0.1, 0.15) is 0 Å². The SMILES string of the molecule is CCOCCc1noc(C2(C(C)C)CCNC2)n1. The largest absolute Gasteiger partial charge is 0.381 e. The molecule has 0 spiro atoms. The third-order valence-electron chi connectivity index (χ3n) is 3.86. The molecule has 2 heterocycles. The molecule has 0 amide bonds. The van der Waals surface area contributed by atoms with Gasteiger partial charge in [0.2, 0.25) is 5.89 Å². The molecule has 5 heteroatoms. The van der Waals surface area contributed by atoms with Crippen molar-refractivity contribution < 1.29 is 9.26 Å². The minimum Gasteiger partial charge on any atom is -0.381 e. The van der Waals surface area contributed by atoms with Crippen molar-refractivity contribution in [3.8, 4) is 0 Å². The summed E-state index contributed by atoms with van der Waals surface area (Å²) >= 11 is 0. The van der Waals surface area contributed by atoms with Crippen LogP contribution in [0.15, 0.2) is 4.52 Å². The van der Waals surface area contributed by atoms with E-state index in [0.717, 1.165) is 44.3 Å². The summed E-state index contributed by atoms with van der Waals surface area (Å²) in [6, 6.07) is 0. The lowest BCUT2D eigenvalue weighted by Gasteiger charge is -2.28. The average Bonchev–Trinajstić information content (AvgIpc) is 2.98. The lowest BCUT2D eigenvalue weighted by molar-refractivity contribution is 0.149. The summed E-state index contributed by atoms with van der Waals surface area (Å²) in [6.45, 7) is 9.76. The summed E-state index contributed by atoms with van der Waals surface area (Å²) in [6.07, 6.45) is 1.79. The van der Waals surface area contributed by atoms with Crippen LogP contribution in [-0.2, 0) is 16.6 Å². The van der Waals surface area contributed by atoms with Crippen molar-refractivity contribution in [1.29, 1.82) is 0 Å². The number of aromatic nitrogens is 2. The molecule has 18 heavy (non-hydrogen) atoms. The van der Waals surface area contributed by atoms with Crippen LogP contribution in [0.5, 0.6) is 0 Å². The van der Waals surface area contributed by atoms with Crippen molar-refractivity contribution in [1.82, 2.24) is 15.5 Å². The highest BCUT2D eigenvalue weighted by molar-refractivity contribution is 5.11. The Morgan fingerprint density at radius 1 is 1.50 bits per heavy atom. The molecule has 1 aliphatic rings. The zero-order chi connectivity index (χ0) is 13.0. The minimum absolute atomic E-state index is 0.0108. The van der Waals surface area contributed by atoms with Gasteiger partial charge in [0.05, 0.1) is 12.0 Å². The van der Waals surface area contributed by atoms with E-state index in [1.165, 1.54) is 0 Å². The third kappa shape index (κ3) is 2.57. The van der Waals surface area contributed by atoms with Gasteiger partial charge < -0.3 is 14.6 Å². The van der Waals surface area contributed by atoms with Gasteiger partial charge in [0.25, 0.3) is 0 Å². The van der Waals surface area contributed by atoms with Crippen molar-refractivity contribution >= 4 is 0 Å². The van der Waals surface area contributed by atoms with Gasteiger partial charge in [0.15, 0.2) is 5.82 Å². The van der Waals surface area contributed by atoms with Crippen LogP contribution in [0, 0.1) is 5.92 Å².